The Hall–Kier alpha value is -2.89. The number of nitrogen functional groups attached to an aromatic ring is 1. The Kier molecular flexibility index (Phi) is 3.06. The molecular weight excluding hydrogens is 266 g/mol. The van der Waals surface area contributed by atoms with Crippen molar-refractivity contribution in [1.29, 1.82) is 0 Å². The molecule has 21 heavy (non-hydrogen) atoms. The highest BCUT2D eigenvalue weighted by atomic mass is 16.1. The third-order valence-electron chi connectivity index (χ3n) is 3.30. The van der Waals surface area contributed by atoms with Crippen LogP contribution in [0.2, 0.25) is 0 Å². The number of nitrogens with zero attached hydrogens (tertiary/aromatic N) is 3. The normalized spacial score (nSPS) is 10.8. The van der Waals surface area contributed by atoms with Gasteiger partial charge in [-0.3, -0.25) is 9.48 Å². The van der Waals surface area contributed by atoms with Crippen LogP contribution in [0.4, 0.5) is 11.5 Å². The smallest absolute Gasteiger partial charge is 0.259 e. The number of benzene rings is 1. The minimum absolute atomic E-state index is 0.193. The van der Waals surface area contributed by atoms with Crippen LogP contribution < -0.4 is 11.1 Å². The number of hydrogen-bond donors (Lipinski definition) is 2. The number of carbonyl (C=O) groups is 1. The van der Waals surface area contributed by atoms with Gasteiger partial charge in [0.2, 0.25) is 0 Å². The van der Waals surface area contributed by atoms with Crippen LogP contribution in [-0.4, -0.2) is 20.7 Å². The van der Waals surface area contributed by atoms with Crippen LogP contribution in [0, 0.1) is 6.92 Å². The average molecular weight is 281 g/mol. The number of rotatable bonds is 2. The molecule has 0 spiro atoms. The fraction of sp³-hybridized carbons (Fsp3) is 0.133. The fourth-order valence-electron chi connectivity index (χ4n) is 2.26. The summed E-state index contributed by atoms with van der Waals surface area (Å²) in [5, 5.41) is 7.91. The molecule has 1 aromatic carbocycles. The van der Waals surface area contributed by atoms with Gasteiger partial charge in [-0.05, 0) is 25.1 Å². The molecule has 0 aliphatic rings. The van der Waals surface area contributed by atoms with Gasteiger partial charge in [0, 0.05) is 18.1 Å². The molecule has 0 radical (unpaired) electrons. The summed E-state index contributed by atoms with van der Waals surface area (Å²) in [4.78, 5) is 16.6. The molecular formula is C15H15N5O. The van der Waals surface area contributed by atoms with Crippen LogP contribution in [0.3, 0.4) is 0 Å². The first kappa shape index (κ1) is 13.1. The maximum atomic E-state index is 12.3. The molecule has 0 bridgehead atoms. The molecule has 2 aromatic heterocycles. The van der Waals surface area contributed by atoms with Crippen molar-refractivity contribution in [2.24, 2.45) is 7.05 Å². The van der Waals surface area contributed by atoms with Crippen molar-refractivity contribution in [3.63, 3.8) is 0 Å². The zero-order chi connectivity index (χ0) is 15.0. The summed E-state index contributed by atoms with van der Waals surface area (Å²) in [6.45, 7) is 1.87. The maximum Gasteiger partial charge on any atom is 0.259 e. The zero-order valence-electron chi connectivity index (χ0n) is 11.8. The van der Waals surface area contributed by atoms with E-state index >= 15 is 0 Å². The van der Waals surface area contributed by atoms with Gasteiger partial charge in [0.1, 0.15) is 5.82 Å². The summed E-state index contributed by atoms with van der Waals surface area (Å²) in [6, 6.07) is 11.0. The van der Waals surface area contributed by atoms with Crippen LogP contribution in [-0.2, 0) is 7.05 Å². The lowest BCUT2D eigenvalue weighted by Crippen LogP contribution is -2.15. The van der Waals surface area contributed by atoms with Crippen molar-refractivity contribution in [1.82, 2.24) is 14.8 Å². The topological polar surface area (TPSA) is 85.8 Å². The van der Waals surface area contributed by atoms with E-state index in [2.05, 4.69) is 15.4 Å². The number of pyridine rings is 1. The van der Waals surface area contributed by atoms with Gasteiger partial charge in [-0.2, -0.15) is 5.10 Å². The second kappa shape index (κ2) is 4.90. The lowest BCUT2D eigenvalue weighted by atomic mass is 10.1. The number of hydrogen-bond acceptors (Lipinski definition) is 4. The van der Waals surface area contributed by atoms with Crippen LogP contribution in [0.15, 0.2) is 36.4 Å². The Balaban J connectivity index is 2.02. The van der Waals surface area contributed by atoms with Gasteiger partial charge in [0.15, 0.2) is 5.65 Å². The van der Waals surface area contributed by atoms with Crippen LogP contribution in [0.5, 0.6) is 0 Å². The molecule has 0 unspecified atom stereocenters. The molecule has 2 heterocycles. The number of anilines is 2. The molecule has 0 saturated heterocycles. The Morgan fingerprint density at radius 3 is 2.71 bits per heavy atom. The van der Waals surface area contributed by atoms with E-state index in [0.29, 0.717) is 16.9 Å². The summed E-state index contributed by atoms with van der Waals surface area (Å²) in [7, 11) is 1.80. The average Bonchev–Trinajstić information content (AvgIpc) is 2.73. The summed E-state index contributed by atoms with van der Waals surface area (Å²) in [5.74, 6) is -0.0877. The van der Waals surface area contributed by atoms with Gasteiger partial charge in [-0.15, -0.1) is 0 Å². The SMILES string of the molecule is Cc1nn(C)c2nc(N)c(C(=O)Nc3ccccc3)cc12. The quantitative estimate of drug-likeness (QED) is 0.753. The van der Waals surface area contributed by atoms with Crippen LogP contribution >= 0.6 is 0 Å². The number of fused-ring (bicyclic) bond motifs is 1. The van der Waals surface area contributed by atoms with E-state index in [1.165, 1.54) is 0 Å². The summed E-state index contributed by atoms with van der Waals surface area (Å²) in [6.07, 6.45) is 0. The van der Waals surface area contributed by atoms with Gasteiger partial charge in [0.05, 0.1) is 11.3 Å². The van der Waals surface area contributed by atoms with E-state index < -0.39 is 0 Å². The van der Waals surface area contributed by atoms with E-state index in [1.54, 1.807) is 17.8 Å². The highest BCUT2D eigenvalue weighted by Gasteiger charge is 2.16. The number of carbonyl (C=O) groups excluding carboxylic acids is 1. The zero-order valence-corrected chi connectivity index (χ0v) is 11.8. The van der Waals surface area contributed by atoms with E-state index in [-0.39, 0.29) is 11.7 Å². The fourth-order valence-corrected chi connectivity index (χ4v) is 2.26. The van der Waals surface area contributed by atoms with Gasteiger partial charge < -0.3 is 11.1 Å². The van der Waals surface area contributed by atoms with E-state index in [0.717, 1.165) is 11.1 Å². The Bertz CT molecular complexity index is 823. The van der Waals surface area contributed by atoms with Gasteiger partial charge in [-0.25, -0.2) is 4.98 Å². The minimum atomic E-state index is -0.281. The second-order valence-corrected chi connectivity index (χ2v) is 4.82. The second-order valence-electron chi connectivity index (χ2n) is 4.82. The van der Waals surface area contributed by atoms with Crippen molar-refractivity contribution in [3.8, 4) is 0 Å². The number of para-hydroxylation sites is 1. The highest BCUT2D eigenvalue weighted by molar-refractivity contribution is 6.09. The van der Waals surface area contributed by atoms with Crippen molar-refractivity contribution in [2.75, 3.05) is 11.1 Å². The molecule has 3 aromatic rings. The van der Waals surface area contributed by atoms with E-state index in [9.17, 15) is 4.79 Å². The first-order valence-electron chi connectivity index (χ1n) is 6.52. The first-order valence-corrected chi connectivity index (χ1v) is 6.52. The first-order chi connectivity index (χ1) is 10.1. The molecule has 0 aliphatic heterocycles. The molecule has 3 rings (SSSR count). The number of aryl methyl sites for hydroxylation is 2. The number of nitrogens with one attached hydrogen (secondary N) is 1. The molecule has 6 heteroatoms. The Morgan fingerprint density at radius 1 is 1.29 bits per heavy atom. The van der Waals surface area contributed by atoms with E-state index in [4.69, 9.17) is 5.73 Å². The van der Waals surface area contributed by atoms with Crippen LogP contribution in [0.25, 0.3) is 11.0 Å². The molecule has 6 nitrogen and oxygen atoms in total. The van der Waals surface area contributed by atoms with E-state index in [1.807, 2.05) is 37.3 Å². The molecule has 0 fully saturated rings. The minimum Gasteiger partial charge on any atom is -0.383 e. The molecule has 1 amide bonds. The summed E-state index contributed by atoms with van der Waals surface area (Å²) < 4.78 is 1.65. The number of nitrogens with two attached hydrogens (primary N) is 1. The largest absolute Gasteiger partial charge is 0.383 e. The highest BCUT2D eigenvalue weighted by Crippen LogP contribution is 2.21. The van der Waals surface area contributed by atoms with Crippen molar-refractivity contribution in [2.45, 2.75) is 6.92 Å². The maximum absolute atomic E-state index is 12.3. The molecule has 106 valence electrons. The van der Waals surface area contributed by atoms with Gasteiger partial charge in [-0.1, -0.05) is 18.2 Å². The summed E-state index contributed by atoms with van der Waals surface area (Å²) >= 11 is 0. The third kappa shape index (κ3) is 2.31. The van der Waals surface area contributed by atoms with Crippen molar-refractivity contribution < 1.29 is 4.79 Å². The van der Waals surface area contributed by atoms with Gasteiger partial charge in [0.25, 0.3) is 5.91 Å². The summed E-state index contributed by atoms with van der Waals surface area (Å²) in [5.41, 5.74) is 8.45. The molecule has 3 N–H and O–H groups in total. The van der Waals surface area contributed by atoms with Crippen LogP contribution in [0.1, 0.15) is 16.1 Å². The molecule has 0 aliphatic carbocycles. The third-order valence-corrected chi connectivity index (χ3v) is 3.30. The Morgan fingerprint density at radius 2 is 2.00 bits per heavy atom. The monoisotopic (exact) mass is 281 g/mol. The standard InChI is InChI=1S/C15H15N5O/c1-9-11-8-12(13(16)18-14(11)20(2)19-9)15(21)17-10-6-4-3-5-7-10/h3-8H,1-2H3,(H2,16,18)(H,17,21). The Labute approximate surface area is 121 Å². The lowest BCUT2D eigenvalue weighted by molar-refractivity contribution is 0.102. The number of aromatic nitrogens is 3. The lowest BCUT2D eigenvalue weighted by Gasteiger charge is -2.07. The van der Waals surface area contributed by atoms with Gasteiger partial charge >= 0.3 is 0 Å². The predicted octanol–water partition coefficient (Wildman–Crippen LogP) is 2.11. The van der Waals surface area contributed by atoms with Crippen molar-refractivity contribution >= 4 is 28.4 Å². The molecule has 0 atom stereocenters. The molecule has 0 saturated carbocycles. The predicted molar refractivity (Wildman–Crippen MR) is 82.1 cm³/mol. The van der Waals surface area contributed by atoms with Crippen molar-refractivity contribution in [3.05, 3.63) is 47.7 Å². The number of amides is 1.